The van der Waals surface area contributed by atoms with Crippen LogP contribution in [0, 0.1) is 11.3 Å². The Hall–Kier alpha value is -2.14. The van der Waals surface area contributed by atoms with Gasteiger partial charge in [0.05, 0.1) is 23.1 Å². The summed E-state index contributed by atoms with van der Waals surface area (Å²) in [5.41, 5.74) is 8.87. The molecule has 0 radical (unpaired) electrons. The summed E-state index contributed by atoms with van der Waals surface area (Å²) in [7, 11) is -2.32. The van der Waals surface area contributed by atoms with Crippen molar-refractivity contribution in [1.82, 2.24) is 0 Å². The summed E-state index contributed by atoms with van der Waals surface area (Å²) in [4.78, 5) is 2.54. The lowest BCUT2D eigenvalue weighted by Crippen LogP contribution is -2.20. The third-order valence-corrected chi connectivity index (χ3v) is 4.28. The van der Waals surface area contributed by atoms with Crippen LogP contribution in [-0.2, 0) is 14.6 Å². The van der Waals surface area contributed by atoms with Crippen LogP contribution in [0.15, 0.2) is 34.3 Å². The second-order valence-electron chi connectivity index (χ2n) is 4.07. The Labute approximate surface area is 121 Å². The van der Waals surface area contributed by atoms with E-state index in [9.17, 15) is 12.8 Å². The number of nitrogens with zero attached hydrogens (tertiary/aromatic N) is 4. The molecule has 0 aromatic heterocycles. The molecule has 9 heteroatoms. The van der Waals surface area contributed by atoms with E-state index >= 15 is 0 Å². The topological polar surface area (TPSA) is 116 Å². The molecular formula is C12H13FN4O3S. The van der Waals surface area contributed by atoms with Crippen molar-refractivity contribution in [3.8, 4) is 6.07 Å². The molecule has 0 saturated heterocycles. The summed E-state index contributed by atoms with van der Waals surface area (Å²) in [6, 6.07) is 6.03. The van der Waals surface area contributed by atoms with Gasteiger partial charge in [0.25, 0.3) is 0 Å². The number of hydrogen-bond donors (Lipinski definition) is 0. The predicted octanol–water partition coefficient (Wildman–Crippen LogP) is 2.32. The monoisotopic (exact) mass is 312 g/mol. The van der Waals surface area contributed by atoms with Crippen LogP contribution in [-0.4, -0.2) is 34.0 Å². The number of methoxy groups -OCH3 is 1. The van der Waals surface area contributed by atoms with Gasteiger partial charge in [-0.1, -0.05) is 17.2 Å². The van der Waals surface area contributed by atoms with Gasteiger partial charge in [-0.15, -0.1) is 0 Å². The SMILES string of the molecule is CO[C@H](c1ccc(S(=O)(=O)CC#N)cc1)[C@@H](CF)N=[N+]=[N-]. The van der Waals surface area contributed by atoms with E-state index in [0.29, 0.717) is 5.56 Å². The fraction of sp³-hybridized carbons (Fsp3) is 0.417. The van der Waals surface area contributed by atoms with Gasteiger partial charge in [0.1, 0.15) is 12.4 Å². The highest BCUT2D eigenvalue weighted by atomic mass is 32.2. The molecule has 112 valence electrons. The molecule has 21 heavy (non-hydrogen) atoms. The maximum Gasteiger partial charge on any atom is 0.191 e. The Kier molecular flexibility index (Phi) is 6.11. The molecule has 0 spiro atoms. The lowest BCUT2D eigenvalue weighted by molar-refractivity contribution is 0.0721. The minimum atomic E-state index is -3.65. The zero-order chi connectivity index (χ0) is 15.9. The summed E-state index contributed by atoms with van der Waals surface area (Å²) in [5.74, 6) is -0.619. The van der Waals surface area contributed by atoms with Gasteiger partial charge in [-0.2, -0.15) is 5.26 Å². The van der Waals surface area contributed by atoms with Gasteiger partial charge >= 0.3 is 0 Å². The first-order valence-corrected chi connectivity index (χ1v) is 7.48. The normalized spacial score (nSPS) is 13.8. The van der Waals surface area contributed by atoms with Crippen molar-refractivity contribution in [1.29, 1.82) is 5.26 Å². The standard InChI is InChI=1S/C12H13FN4O3S/c1-20-12(11(8-13)16-17-15)9-2-4-10(5-3-9)21(18,19)7-6-14/h2-5,11-12H,7-8H2,1H3/t11-,12-/m1/s1. The first kappa shape index (κ1) is 16.9. The maximum absolute atomic E-state index is 12.9. The molecule has 0 saturated carbocycles. The van der Waals surface area contributed by atoms with Crippen LogP contribution in [0.5, 0.6) is 0 Å². The molecular weight excluding hydrogens is 299 g/mol. The molecule has 0 unspecified atom stereocenters. The molecule has 0 fully saturated rings. The Bertz CT molecular complexity index is 663. The highest BCUT2D eigenvalue weighted by Crippen LogP contribution is 2.25. The van der Waals surface area contributed by atoms with Crippen molar-refractivity contribution in [2.45, 2.75) is 17.0 Å². The van der Waals surface area contributed by atoms with E-state index < -0.39 is 34.4 Å². The van der Waals surface area contributed by atoms with E-state index in [-0.39, 0.29) is 4.90 Å². The minimum absolute atomic E-state index is 0.0109. The molecule has 0 aliphatic rings. The van der Waals surface area contributed by atoms with Crippen LogP contribution in [0.3, 0.4) is 0 Å². The molecule has 0 N–H and O–H groups in total. The van der Waals surface area contributed by atoms with Crippen LogP contribution in [0.25, 0.3) is 10.4 Å². The number of hydrogen-bond acceptors (Lipinski definition) is 5. The lowest BCUT2D eigenvalue weighted by atomic mass is 10.0. The Morgan fingerprint density at radius 2 is 2.10 bits per heavy atom. The number of alkyl halides is 1. The van der Waals surface area contributed by atoms with Gasteiger partial charge < -0.3 is 4.74 Å². The van der Waals surface area contributed by atoms with E-state index in [0.717, 1.165) is 0 Å². The number of azide groups is 1. The number of rotatable bonds is 7. The zero-order valence-electron chi connectivity index (χ0n) is 11.2. The Morgan fingerprint density at radius 1 is 1.48 bits per heavy atom. The van der Waals surface area contributed by atoms with Gasteiger partial charge in [-0.25, -0.2) is 8.42 Å². The van der Waals surface area contributed by atoms with Crippen molar-refractivity contribution in [3.63, 3.8) is 0 Å². The predicted molar refractivity (Wildman–Crippen MR) is 72.8 cm³/mol. The average molecular weight is 312 g/mol. The van der Waals surface area contributed by atoms with Crippen molar-refractivity contribution in [2.75, 3.05) is 19.5 Å². The van der Waals surface area contributed by atoms with E-state index in [1.165, 1.54) is 31.4 Å². The lowest BCUT2D eigenvalue weighted by Gasteiger charge is -2.20. The third-order valence-electron chi connectivity index (χ3n) is 2.78. The smallest absolute Gasteiger partial charge is 0.191 e. The van der Waals surface area contributed by atoms with Gasteiger partial charge in [0.15, 0.2) is 9.84 Å². The second-order valence-corrected chi connectivity index (χ2v) is 6.06. The summed E-state index contributed by atoms with van der Waals surface area (Å²) >= 11 is 0. The van der Waals surface area contributed by atoms with E-state index in [2.05, 4.69) is 10.0 Å². The summed E-state index contributed by atoms with van der Waals surface area (Å²) in [5, 5.41) is 11.8. The molecule has 1 aromatic rings. The molecule has 1 aromatic carbocycles. The highest BCUT2D eigenvalue weighted by Gasteiger charge is 2.23. The second kappa shape index (κ2) is 7.59. The Morgan fingerprint density at radius 3 is 2.52 bits per heavy atom. The van der Waals surface area contributed by atoms with Crippen LogP contribution in [0.1, 0.15) is 11.7 Å². The van der Waals surface area contributed by atoms with Gasteiger partial charge in [-0.3, -0.25) is 4.39 Å². The van der Waals surface area contributed by atoms with Gasteiger partial charge in [0, 0.05) is 12.0 Å². The first-order chi connectivity index (χ1) is 10.00. The molecule has 0 amide bonds. The van der Waals surface area contributed by atoms with E-state index in [1.54, 1.807) is 6.07 Å². The fourth-order valence-corrected chi connectivity index (χ4v) is 2.67. The van der Waals surface area contributed by atoms with Crippen molar-refractivity contribution < 1.29 is 17.5 Å². The molecule has 2 atom stereocenters. The number of sulfone groups is 1. The summed E-state index contributed by atoms with van der Waals surface area (Å²) in [6.45, 7) is -0.906. The largest absolute Gasteiger partial charge is 0.376 e. The van der Waals surface area contributed by atoms with Crippen LogP contribution >= 0.6 is 0 Å². The molecule has 0 bridgehead atoms. The molecule has 0 heterocycles. The molecule has 0 aliphatic carbocycles. The minimum Gasteiger partial charge on any atom is -0.376 e. The van der Waals surface area contributed by atoms with E-state index in [1.807, 2.05) is 0 Å². The number of benzene rings is 1. The zero-order valence-corrected chi connectivity index (χ0v) is 12.0. The average Bonchev–Trinajstić information content (AvgIpc) is 2.47. The van der Waals surface area contributed by atoms with Crippen LogP contribution in [0.4, 0.5) is 4.39 Å². The molecule has 1 rings (SSSR count). The Balaban J connectivity index is 3.11. The number of ether oxygens (including phenoxy) is 1. The number of nitriles is 1. The van der Waals surface area contributed by atoms with Crippen molar-refractivity contribution in [3.05, 3.63) is 40.3 Å². The van der Waals surface area contributed by atoms with Crippen LogP contribution < -0.4 is 0 Å². The molecule has 0 aliphatic heterocycles. The quantitative estimate of drug-likeness (QED) is 0.436. The number of halogens is 1. The first-order valence-electron chi connectivity index (χ1n) is 5.82. The molecule has 7 nitrogen and oxygen atoms in total. The van der Waals surface area contributed by atoms with Gasteiger partial charge in [0.2, 0.25) is 0 Å². The van der Waals surface area contributed by atoms with Crippen molar-refractivity contribution in [2.24, 2.45) is 5.11 Å². The third kappa shape index (κ3) is 4.16. The van der Waals surface area contributed by atoms with Crippen LogP contribution in [0.2, 0.25) is 0 Å². The highest BCUT2D eigenvalue weighted by molar-refractivity contribution is 7.91. The summed E-state index contributed by atoms with van der Waals surface area (Å²) in [6.07, 6.45) is -0.821. The maximum atomic E-state index is 12.9. The van der Waals surface area contributed by atoms with Crippen molar-refractivity contribution >= 4 is 9.84 Å². The fourth-order valence-electron chi connectivity index (χ4n) is 1.79. The summed E-state index contributed by atoms with van der Waals surface area (Å²) < 4.78 is 41.4. The van der Waals surface area contributed by atoms with E-state index in [4.69, 9.17) is 15.5 Å². The van der Waals surface area contributed by atoms with Gasteiger partial charge in [-0.05, 0) is 23.2 Å².